The molecule has 0 radical (unpaired) electrons. The summed E-state index contributed by atoms with van der Waals surface area (Å²) in [5, 5.41) is 10.1. The molecular formula is C72H48N4. The van der Waals surface area contributed by atoms with E-state index in [0.29, 0.717) is 0 Å². The fourth-order valence-corrected chi connectivity index (χ4v) is 11.8. The Bertz CT molecular complexity index is 4210. The summed E-state index contributed by atoms with van der Waals surface area (Å²) in [4.78, 5) is 14.5. The number of H-pyrrole nitrogens is 4. The van der Waals surface area contributed by atoms with Crippen LogP contribution in [0, 0.1) is 0 Å². The van der Waals surface area contributed by atoms with Crippen molar-refractivity contribution in [2.24, 2.45) is 0 Å². The van der Waals surface area contributed by atoms with E-state index >= 15 is 0 Å². The molecule has 0 bridgehead atoms. The number of aromatic nitrogens is 4. The van der Waals surface area contributed by atoms with Crippen LogP contribution in [-0.4, -0.2) is 19.9 Å². The number of para-hydroxylation sites is 8. The second kappa shape index (κ2) is 17.8. The Morgan fingerprint density at radius 3 is 0.553 bits per heavy atom. The second-order valence-corrected chi connectivity index (χ2v) is 19.9. The zero-order valence-electron chi connectivity index (χ0n) is 41.4. The third-order valence-corrected chi connectivity index (χ3v) is 15.6. The lowest BCUT2D eigenvalue weighted by Crippen LogP contribution is -1.84. The highest BCUT2D eigenvalue weighted by molar-refractivity contribution is 6.15. The number of nitrogens with one attached hydrogen (secondary N) is 4. The molecule has 16 rings (SSSR count). The monoisotopic (exact) mass is 968 g/mol. The molecule has 16 aromatic rings. The van der Waals surface area contributed by atoms with Gasteiger partial charge in [-0.1, -0.05) is 243 Å². The first kappa shape index (κ1) is 43.4. The first-order valence-corrected chi connectivity index (χ1v) is 26.1. The SMILES string of the molecule is c1ccc2c(c1)[nH]c1c(-c3ccc(-c4ccc(-c5cccc6c5[nH]c5ccccc56)cc4)cc3)cccc12.c1ccc2c(c1)[nH]c1c(-c3ccc(-c4ccc(-c5cccc6c5[nH]c5ccccc56)cc4)cc3)cccc12. The summed E-state index contributed by atoms with van der Waals surface area (Å²) in [7, 11) is 0. The molecular weight excluding hydrogens is 921 g/mol. The van der Waals surface area contributed by atoms with Crippen LogP contribution in [0.25, 0.3) is 154 Å². The van der Waals surface area contributed by atoms with Gasteiger partial charge in [-0.25, -0.2) is 0 Å². The van der Waals surface area contributed by atoms with Gasteiger partial charge in [0.25, 0.3) is 0 Å². The van der Waals surface area contributed by atoms with Gasteiger partial charge in [-0.15, -0.1) is 0 Å². The number of benzene rings is 12. The number of hydrogen-bond acceptors (Lipinski definition) is 0. The van der Waals surface area contributed by atoms with Crippen LogP contribution in [0.5, 0.6) is 0 Å². The zero-order valence-corrected chi connectivity index (χ0v) is 41.4. The molecule has 0 fully saturated rings. The lowest BCUT2D eigenvalue weighted by Gasteiger charge is -2.08. The summed E-state index contributed by atoms with van der Waals surface area (Å²) in [5.74, 6) is 0. The summed E-state index contributed by atoms with van der Waals surface area (Å²) >= 11 is 0. The van der Waals surface area contributed by atoms with E-state index in [-0.39, 0.29) is 0 Å². The van der Waals surface area contributed by atoms with E-state index in [4.69, 9.17) is 0 Å². The van der Waals surface area contributed by atoms with Gasteiger partial charge < -0.3 is 19.9 Å². The van der Waals surface area contributed by atoms with Crippen molar-refractivity contribution >= 4 is 87.2 Å². The van der Waals surface area contributed by atoms with E-state index in [1.54, 1.807) is 0 Å². The van der Waals surface area contributed by atoms with Gasteiger partial charge >= 0.3 is 0 Å². The van der Waals surface area contributed by atoms with E-state index in [9.17, 15) is 0 Å². The molecule has 0 aliphatic carbocycles. The molecule has 0 atom stereocenters. The Kier molecular flexibility index (Phi) is 10.2. The minimum absolute atomic E-state index is 1.18. The summed E-state index contributed by atoms with van der Waals surface area (Å²) in [5.41, 5.74) is 24.1. The third kappa shape index (κ3) is 7.30. The van der Waals surface area contributed by atoms with Gasteiger partial charge in [0.05, 0.1) is 22.1 Å². The van der Waals surface area contributed by atoms with Crippen LogP contribution < -0.4 is 0 Å². The standard InChI is InChI=1S/2C36H24N2/c2*1-3-13-33-29(7-1)31-11-5-9-27(35(31)37-33)25-19-15-23(16-20-25)24-17-21-26(22-18-24)28-10-6-12-32-30-8-2-4-14-34(30)38-36(28)32/h2*1-22,37-38H. The fraction of sp³-hybridized carbons (Fsp3) is 0. The zero-order chi connectivity index (χ0) is 50.1. The number of fused-ring (bicyclic) bond motifs is 12. The molecule has 0 aliphatic rings. The molecule has 0 amide bonds. The van der Waals surface area contributed by atoms with Crippen LogP contribution in [0.2, 0.25) is 0 Å². The molecule has 0 saturated heterocycles. The Hall–Kier alpha value is -10.2. The van der Waals surface area contributed by atoms with Crippen LogP contribution in [0.3, 0.4) is 0 Å². The van der Waals surface area contributed by atoms with Gasteiger partial charge in [-0.2, -0.15) is 0 Å². The largest absolute Gasteiger partial charge is 0.354 e. The van der Waals surface area contributed by atoms with E-state index in [1.807, 2.05) is 0 Å². The molecule has 12 aromatic carbocycles. The van der Waals surface area contributed by atoms with Crippen molar-refractivity contribution < 1.29 is 0 Å². The van der Waals surface area contributed by atoms with Gasteiger partial charge in [0.2, 0.25) is 0 Å². The Balaban J connectivity index is 0.000000133. The first-order chi connectivity index (χ1) is 37.7. The minimum atomic E-state index is 1.18. The minimum Gasteiger partial charge on any atom is -0.354 e. The molecule has 0 unspecified atom stereocenters. The summed E-state index contributed by atoms with van der Waals surface area (Å²) < 4.78 is 0. The Labute approximate surface area is 438 Å². The second-order valence-electron chi connectivity index (χ2n) is 19.9. The Morgan fingerprint density at radius 2 is 0.329 bits per heavy atom. The molecule has 0 saturated carbocycles. The van der Waals surface area contributed by atoms with Crippen molar-refractivity contribution in [2.45, 2.75) is 0 Å². The van der Waals surface area contributed by atoms with Crippen molar-refractivity contribution in [3.8, 4) is 66.8 Å². The van der Waals surface area contributed by atoms with Gasteiger partial charge in [0, 0.05) is 87.4 Å². The highest BCUT2D eigenvalue weighted by Crippen LogP contribution is 2.39. The van der Waals surface area contributed by atoms with Crippen LogP contribution in [-0.2, 0) is 0 Å². The van der Waals surface area contributed by atoms with Gasteiger partial charge in [-0.3, -0.25) is 0 Å². The summed E-state index contributed by atoms with van der Waals surface area (Å²) in [6.45, 7) is 0. The number of hydrogen-bond donors (Lipinski definition) is 4. The molecule has 0 spiro atoms. The van der Waals surface area contributed by atoms with Crippen molar-refractivity contribution in [1.29, 1.82) is 0 Å². The molecule has 4 aromatic heterocycles. The molecule has 4 N–H and O–H groups in total. The maximum Gasteiger partial charge on any atom is 0.0544 e. The fourth-order valence-electron chi connectivity index (χ4n) is 11.8. The average Bonchev–Trinajstić information content (AvgIpc) is 4.28. The molecule has 0 aliphatic heterocycles. The molecule has 4 heterocycles. The number of aromatic amines is 4. The summed E-state index contributed by atoms with van der Waals surface area (Å²) in [6.07, 6.45) is 0. The topological polar surface area (TPSA) is 63.2 Å². The van der Waals surface area contributed by atoms with E-state index in [2.05, 4.69) is 287 Å². The van der Waals surface area contributed by atoms with Gasteiger partial charge in [-0.05, 0) is 68.8 Å². The van der Waals surface area contributed by atoms with Crippen LogP contribution in [0.15, 0.2) is 267 Å². The first-order valence-electron chi connectivity index (χ1n) is 26.1. The lowest BCUT2D eigenvalue weighted by atomic mass is 9.96. The van der Waals surface area contributed by atoms with E-state index < -0.39 is 0 Å². The highest BCUT2D eigenvalue weighted by Gasteiger charge is 2.14. The number of rotatable bonds is 6. The van der Waals surface area contributed by atoms with Gasteiger partial charge in [0.1, 0.15) is 0 Å². The van der Waals surface area contributed by atoms with Crippen molar-refractivity contribution in [3.63, 3.8) is 0 Å². The quantitative estimate of drug-likeness (QED) is 0.128. The lowest BCUT2D eigenvalue weighted by molar-refractivity contribution is 1.53. The van der Waals surface area contributed by atoms with E-state index in [1.165, 1.54) is 154 Å². The van der Waals surface area contributed by atoms with Crippen LogP contribution in [0.4, 0.5) is 0 Å². The average molecular weight is 969 g/mol. The highest BCUT2D eigenvalue weighted by atomic mass is 14.7. The third-order valence-electron chi connectivity index (χ3n) is 15.6. The van der Waals surface area contributed by atoms with Crippen molar-refractivity contribution in [3.05, 3.63) is 267 Å². The normalized spacial score (nSPS) is 11.7. The van der Waals surface area contributed by atoms with Gasteiger partial charge in [0.15, 0.2) is 0 Å². The predicted molar refractivity (Wildman–Crippen MR) is 323 cm³/mol. The van der Waals surface area contributed by atoms with E-state index in [0.717, 1.165) is 0 Å². The van der Waals surface area contributed by atoms with Crippen molar-refractivity contribution in [2.75, 3.05) is 0 Å². The molecule has 4 nitrogen and oxygen atoms in total. The Morgan fingerprint density at radius 1 is 0.145 bits per heavy atom. The summed E-state index contributed by atoms with van der Waals surface area (Å²) in [6, 6.07) is 95.9. The predicted octanol–water partition coefficient (Wildman–Crippen LogP) is 19.9. The molecule has 4 heteroatoms. The van der Waals surface area contributed by atoms with Crippen molar-refractivity contribution in [1.82, 2.24) is 19.9 Å². The van der Waals surface area contributed by atoms with Crippen LogP contribution >= 0.6 is 0 Å². The smallest absolute Gasteiger partial charge is 0.0544 e. The maximum absolute atomic E-state index is 3.63. The van der Waals surface area contributed by atoms with Crippen LogP contribution in [0.1, 0.15) is 0 Å². The molecule has 76 heavy (non-hydrogen) atoms. The maximum atomic E-state index is 3.63. The molecule has 356 valence electrons.